The molecule has 33 heavy (non-hydrogen) atoms. The third-order valence-electron chi connectivity index (χ3n) is 3.58. The van der Waals surface area contributed by atoms with Crippen LogP contribution in [0.15, 0.2) is 11.0 Å². The average Bonchev–Trinajstić information content (AvgIpc) is 2.67. The molecule has 0 amide bonds. The van der Waals surface area contributed by atoms with Crippen LogP contribution < -0.4 is 9.47 Å². The number of hydrogen-bond acceptors (Lipinski definition) is 7. The van der Waals surface area contributed by atoms with Crippen molar-refractivity contribution in [3.8, 4) is 11.5 Å². The van der Waals surface area contributed by atoms with Gasteiger partial charge in [0.15, 0.2) is 28.0 Å². The molecule has 0 radical (unpaired) electrons. The number of halogens is 7. The number of hydrogen-bond donors (Lipinski definition) is 1. The molecule has 2 aromatic rings. The molecule has 8 nitrogen and oxygen atoms in total. The van der Waals surface area contributed by atoms with Gasteiger partial charge < -0.3 is 14.2 Å². The standard InChI is InChI=1S/C17H9F4I3O8S/c1-5(25)32-14-7(23)4-6(22)8(13(14)24)17(26)31-3-2-30-15-9(18)11(20)16(33(27,28)29)12(21)10(15)19/h4H,2-3H2,1H3,(H,27,28,29). The third kappa shape index (κ3) is 6.36. The molecular weight excluding hydrogens is 821 g/mol. The van der Waals surface area contributed by atoms with E-state index in [1.54, 1.807) is 28.7 Å². The first kappa shape index (κ1) is 28.2. The van der Waals surface area contributed by atoms with Gasteiger partial charge >= 0.3 is 22.1 Å². The van der Waals surface area contributed by atoms with E-state index in [-0.39, 0.29) is 14.9 Å². The maximum Gasteiger partial charge on any atom is 0.340 e. The number of carbonyl (C=O) groups excluding carboxylic acids is 2. The van der Waals surface area contributed by atoms with E-state index in [2.05, 4.69) is 4.74 Å². The monoisotopic (exact) mass is 830 g/mol. The summed E-state index contributed by atoms with van der Waals surface area (Å²) in [6, 6.07) is 1.54. The van der Waals surface area contributed by atoms with Gasteiger partial charge in [-0.05, 0) is 73.8 Å². The summed E-state index contributed by atoms with van der Waals surface area (Å²) in [5.41, 5.74) is 0.0276. The second-order valence-corrected chi connectivity index (χ2v) is 10.6. The molecular formula is C17H9F4I3O8S. The van der Waals surface area contributed by atoms with Crippen LogP contribution in [0.2, 0.25) is 0 Å². The van der Waals surface area contributed by atoms with Crippen LogP contribution in [0, 0.1) is 34.0 Å². The minimum absolute atomic E-state index is 0.0276. The van der Waals surface area contributed by atoms with Gasteiger partial charge in [-0.25, -0.2) is 13.6 Å². The van der Waals surface area contributed by atoms with Crippen molar-refractivity contribution in [3.05, 3.63) is 45.6 Å². The second-order valence-electron chi connectivity index (χ2n) is 5.83. The van der Waals surface area contributed by atoms with Gasteiger partial charge in [0.2, 0.25) is 11.6 Å². The van der Waals surface area contributed by atoms with E-state index in [1.807, 2.05) is 45.2 Å². The van der Waals surface area contributed by atoms with Gasteiger partial charge in [-0.1, -0.05) is 0 Å². The third-order valence-corrected chi connectivity index (χ3v) is 7.14. The van der Waals surface area contributed by atoms with Crippen molar-refractivity contribution in [2.24, 2.45) is 0 Å². The zero-order chi connectivity index (χ0) is 25.2. The molecule has 0 bridgehead atoms. The highest BCUT2D eigenvalue weighted by Crippen LogP contribution is 2.35. The molecule has 0 saturated heterocycles. The van der Waals surface area contributed by atoms with Crippen molar-refractivity contribution in [2.45, 2.75) is 11.8 Å². The Hall–Kier alpha value is -1.00. The lowest BCUT2D eigenvalue weighted by molar-refractivity contribution is -0.132. The normalized spacial score (nSPS) is 11.3. The number of esters is 2. The van der Waals surface area contributed by atoms with E-state index in [0.717, 1.165) is 0 Å². The summed E-state index contributed by atoms with van der Waals surface area (Å²) in [4.78, 5) is 21.5. The molecule has 0 unspecified atom stereocenters. The predicted octanol–water partition coefficient (Wildman–Crippen LogP) is 4.46. The second kappa shape index (κ2) is 11.2. The van der Waals surface area contributed by atoms with Gasteiger partial charge in [0, 0.05) is 10.5 Å². The molecule has 16 heteroatoms. The summed E-state index contributed by atoms with van der Waals surface area (Å²) in [5.74, 6) is -12.2. The van der Waals surface area contributed by atoms with E-state index < -0.39 is 69.2 Å². The van der Waals surface area contributed by atoms with Crippen LogP contribution >= 0.6 is 67.8 Å². The van der Waals surface area contributed by atoms with Gasteiger partial charge in [-0.15, -0.1) is 0 Å². The van der Waals surface area contributed by atoms with Crippen molar-refractivity contribution < 1.29 is 54.3 Å². The minimum atomic E-state index is -5.60. The van der Waals surface area contributed by atoms with Crippen molar-refractivity contribution in [1.82, 2.24) is 0 Å². The van der Waals surface area contributed by atoms with Gasteiger partial charge in [0.05, 0.1) is 12.7 Å². The fourth-order valence-electron chi connectivity index (χ4n) is 2.29. The van der Waals surface area contributed by atoms with Crippen LogP contribution in [0.1, 0.15) is 17.3 Å². The largest absolute Gasteiger partial charge is 0.484 e. The predicted molar refractivity (Wildman–Crippen MR) is 128 cm³/mol. The van der Waals surface area contributed by atoms with Crippen LogP contribution in [-0.4, -0.2) is 38.1 Å². The Morgan fingerprint density at radius 1 is 0.939 bits per heavy atom. The summed E-state index contributed by atoms with van der Waals surface area (Å²) in [5, 5.41) is 0. The molecule has 0 fully saturated rings. The Labute approximate surface area is 224 Å². The maximum atomic E-state index is 13.9. The van der Waals surface area contributed by atoms with Crippen molar-refractivity contribution in [2.75, 3.05) is 13.2 Å². The quantitative estimate of drug-likeness (QED) is 0.0828. The molecule has 2 rings (SSSR count). The molecule has 2 aromatic carbocycles. The molecule has 0 heterocycles. The van der Waals surface area contributed by atoms with E-state index in [9.17, 15) is 35.6 Å². The number of benzene rings is 2. The van der Waals surface area contributed by atoms with Gasteiger partial charge in [0.25, 0.3) is 0 Å². The highest BCUT2D eigenvalue weighted by Gasteiger charge is 2.33. The summed E-state index contributed by atoms with van der Waals surface area (Å²) < 4.78 is 102. The molecule has 0 spiro atoms. The molecule has 1 N–H and O–H groups in total. The van der Waals surface area contributed by atoms with E-state index in [0.29, 0.717) is 7.14 Å². The van der Waals surface area contributed by atoms with E-state index in [4.69, 9.17) is 14.0 Å². The molecule has 0 aromatic heterocycles. The van der Waals surface area contributed by atoms with Crippen LogP contribution in [0.4, 0.5) is 17.6 Å². The Morgan fingerprint density at radius 2 is 1.48 bits per heavy atom. The summed E-state index contributed by atoms with van der Waals surface area (Å²) in [6.07, 6.45) is 0. The van der Waals surface area contributed by atoms with E-state index in [1.165, 1.54) is 6.92 Å². The Balaban J connectivity index is 2.19. The minimum Gasteiger partial charge on any atom is -0.484 e. The van der Waals surface area contributed by atoms with Crippen molar-refractivity contribution in [3.63, 3.8) is 0 Å². The molecule has 0 saturated carbocycles. The lowest BCUT2D eigenvalue weighted by Gasteiger charge is -2.14. The summed E-state index contributed by atoms with van der Waals surface area (Å²) in [6.45, 7) is -0.244. The van der Waals surface area contributed by atoms with E-state index >= 15 is 0 Å². The molecule has 180 valence electrons. The fraction of sp³-hybridized carbons (Fsp3) is 0.176. The number of rotatable bonds is 7. The lowest BCUT2D eigenvalue weighted by atomic mass is 10.2. The Morgan fingerprint density at radius 3 is 1.97 bits per heavy atom. The zero-order valence-corrected chi connectivity index (χ0v) is 23.1. The Kier molecular flexibility index (Phi) is 9.55. The van der Waals surface area contributed by atoms with Gasteiger partial charge in [-0.2, -0.15) is 17.2 Å². The van der Waals surface area contributed by atoms with Crippen LogP contribution in [0.3, 0.4) is 0 Å². The van der Waals surface area contributed by atoms with Crippen LogP contribution in [0.5, 0.6) is 11.5 Å². The highest BCUT2D eigenvalue weighted by molar-refractivity contribution is 14.1. The molecule has 0 aliphatic rings. The number of ether oxygens (including phenoxy) is 3. The maximum absolute atomic E-state index is 13.9. The Bertz CT molecular complexity index is 1220. The molecule has 0 aliphatic heterocycles. The first-order chi connectivity index (χ1) is 15.2. The van der Waals surface area contributed by atoms with Crippen molar-refractivity contribution in [1.29, 1.82) is 0 Å². The highest BCUT2D eigenvalue weighted by atomic mass is 127. The lowest BCUT2D eigenvalue weighted by Crippen LogP contribution is -2.18. The summed E-state index contributed by atoms with van der Waals surface area (Å²) >= 11 is 5.50. The first-order valence-corrected chi connectivity index (χ1v) is 12.8. The summed E-state index contributed by atoms with van der Waals surface area (Å²) in [7, 11) is -5.60. The zero-order valence-electron chi connectivity index (χ0n) is 15.9. The molecule has 0 atom stereocenters. The van der Waals surface area contributed by atoms with Gasteiger partial charge in [0.1, 0.15) is 13.2 Å². The smallest absolute Gasteiger partial charge is 0.340 e. The average molecular weight is 830 g/mol. The number of carbonyl (C=O) groups is 2. The van der Waals surface area contributed by atoms with Crippen LogP contribution in [0.25, 0.3) is 0 Å². The van der Waals surface area contributed by atoms with Gasteiger partial charge in [-0.3, -0.25) is 9.35 Å². The van der Waals surface area contributed by atoms with Crippen LogP contribution in [-0.2, 0) is 19.6 Å². The topological polar surface area (TPSA) is 116 Å². The fourth-order valence-corrected chi connectivity index (χ4v) is 6.96. The molecule has 0 aliphatic carbocycles. The first-order valence-electron chi connectivity index (χ1n) is 8.17. The van der Waals surface area contributed by atoms with Crippen molar-refractivity contribution >= 4 is 89.8 Å². The SMILES string of the molecule is CC(=O)Oc1c(I)cc(I)c(C(=O)OCCOc2c(F)c(F)c(S(=O)(=O)O)c(F)c2F)c1I.